The Bertz CT molecular complexity index is 757. The monoisotopic (exact) mass is 382 g/mol. The second kappa shape index (κ2) is 6.51. The van der Waals surface area contributed by atoms with Gasteiger partial charge in [0.05, 0.1) is 5.69 Å². The highest BCUT2D eigenvalue weighted by molar-refractivity contribution is 8.00. The SMILES string of the molecule is Cc1[c]c(C)c(-c2ccccn2)c(SC(F)(F)C(F)(F)C(F)(F)F)c1. The Kier molecular flexibility index (Phi) is 5.09. The van der Waals surface area contributed by atoms with Crippen molar-refractivity contribution in [1.82, 2.24) is 4.98 Å². The lowest BCUT2D eigenvalue weighted by Crippen LogP contribution is -2.49. The molecule has 25 heavy (non-hydrogen) atoms. The maximum atomic E-state index is 13.8. The van der Waals surface area contributed by atoms with Crippen molar-refractivity contribution in [2.45, 2.75) is 36.1 Å². The molecule has 0 atom stereocenters. The molecule has 0 saturated heterocycles. The number of halogens is 7. The van der Waals surface area contributed by atoms with Gasteiger partial charge in [-0.1, -0.05) is 6.07 Å². The zero-order chi connectivity index (χ0) is 19.0. The quantitative estimate of drug-likeness (QED) is 0.472. The topological polar surface area (TPSA) is 12.9 Å². The molecule has 9 heteroatoms. The molecular weight excluding hydrogens is 371 g/mol. The lowest BCUT2D eigenvalue weighted by Gasteiger charge is -2.28. The molecule has 1 nitrogen and oxygen atoms in total. The smallest absolute Gasteiger partial charge is 0.256 e. The summed E-state index contributed by atoms with van der Waals surface area (Å²) < 4.78 is 91.1. The van der Waals surface area contributed by atoms with Gasteiger partial charge in [0.15, 0.2) is 0 Å². The predicted octanol–water partition coefficient (Wildman–Crippen LogP) is 6.05. The number of nitrogens with zero attached hydrogens (tertiary/aromatic N) is 1. The molecule has 0 amide bonds. The van der Waals surface area contributed by atoms with Crippen LogP contribution in [0.25, 0.3) is 11.3 Å². The van der Waals surface area contributed by atoms with Crippen LogP contribution < -0.4 is 0 Å². The summed E-state index contributed by atoms with van der Waals surface area (Å²) in [5, 5.41) is -5.39. The van der Waals surface area contributed by atoms with E-state index in [-0.39, 0.29) is 11.3 Å². The van der Waals surface area contributed by atoms with Gasteiger partial charge >= 0.3 is 17.4 Å². The van der Waals surface area contributed by atoms with Gasteiger partial charge in [-0.25, -0.2) is 0 Å². The largest absolute Gasteiger partial charge is 0.460 e. The molecule has 0 fully saturated rings. The van der Waals surface area contributed by atoms with Crippen LogP contribution in [0.1, 0.15) is 11.1 Å². The van der Waals surface area contributed by atoms with Crippen LogP contribution in [0, 0.1) is 19.9 Å². The van der Waals surface area contributed by atoms with E-state index in [1.807, 2.05) is 0 Å². The average molecular weight is 382 g/mol. The van der Waals surface area contributed by atoms with Crippen molar-refractivity contribution in [3.8, 4) is 11.3 Å². The lowest BCUT2D eigenvalue weighted by atomic mass is 10.0. The highest BCUT2D eigenvalue weighted by Crippen LogP contribution is 2.55. The standard InChI is InChI=1S/C16H11F7NS/c1-9-7-10(2)13(11-5-3-4-6-24-11)12(8-9)25-16(22,23)14(17,18)15(19,20)21/h3-6,8H,1-2H3. The molecule has 135 valence electrons. The number of alkyl halides is 7. The molecule has 2 aromatic rings. The first-order valence-electron chi connectivity index (χ1n) is 6.83. The second-order valence-corrected chi connectivity index (χ2v) is 6.38. The van der Waals surface area contributed by atoms with Crippen LogP contribution in [0.15, 0.2) is 35.4 Å². The molecule has 1 radical (unpaired) electrons. The van der Waals surface area contributed by atoms with Gasteiger partial charge in [0.25, 0.3) is 0 Å². The molecule has 0 bridgehead atoms. The number of aryl methyl sites for hydroxylation is 2. The number of rotatable bonds is 4. The molecular formula is C16H11F7NS. The summed E-state index contributed by atoms with van der Waals surface area (Å²) in [7, 11) is 0. The summed E-state index contributed by atoms with van der Waals surface area (Å²) in [5.74, 6) is -6.19. The number of hydrogen-bond acceptors (Lipinski definition) is 2. The Morgan fingerprint density at radius 1 is 1.00 bits per heavy atom. The fourth-order valence-electron chi connectivity index (χ4n) is 2.12. The fourth-order valence-corrected chi connectivity index (χ4v) is 3.24. The van der Waals surface area contributed by atoms with Crippen molar-refractivity contribution in [2.24, 2.45) is 0 Å². The van der Waals surface area contributed by atoms with E-state index in [1.165, 1.54) is 26.1 Å². The Balaban J connectivity index is 2.57. The molecule has 0 aliphatic heterocycles. The Labute approximate surface area is 143 Å². The van der Waals surface area contributed by atoms with Crippen molar-refractivity contribution in [3.05, 3.63) is 47.7 Å². The van der Waals surface area contributed by atoms with Gasteiger partial charge in [-0.3, -0.25) is 4.98 Å². The van der Waals surface area contributed by atoms with Crippen molar-refractivity contribution in [1.29, 1.82) is 0 Å². The first-order chi connectivity index (χ1) is 11.4. The van der Waals surface area contributed by atoms with Gasteiger partial charge < -0.3 is 0 Å². The van der Waals surface area contributed by atoms with Crippen LogP contribution in [0.2, 0.25) is 0 Å². The zero-order valence-corrected chi connectivity index (χ0v) is 13.7. The summed E-state index contributed by atoms with van der Waals surface area (Å²) in [4.78, 5) is 3.52. The fraction of sp³-hybridized carbons (Fsp3) is 0.312. The van der Waals surface area contributed by atoms with E-state index in [9.17, 15) is 30.7 Å². The zero-order valence-electron chi connectivity index (χ0n) is 12.9. The maximum Gasteiger partial charge on any atom is 0.460 e. The van der Waals surface area contributed by atoms with Crippen LogP contribution in [0.4, 0.5) is 30.7 Å². The number of thioether (sulfide) groups is 1. The highest BCUT2D eigenvalue weighted by atomic mass is 32.2. The van der Waals surface area contributed by atoms with E-state index in [4.69, 9.17) is 0 Å². The third-order valence-electron chi connectivity index (χ3n) is 3.23. The molecule has 1 aromatic heterocycles. The summed E-state index contributed by atoms with van der Waals surface area (Å²) >= 11 is -0.834. The first kappa shape index (κ1) is 19.6. The van der Waals surface area contributed by atoms with Crippen molar-refractivity contribution >= 4 is 11.8 Å². The molecule has 1 aromatic carbocycles. The summed E-state index contributed by atoms with van der Waals surface area (Å²) in [6, 6.07) is 8.44. The Hall–Kier alpha value is -1.77. The molecule has 0 unspecified atom stereocenters. The van der Waals surface area contributed by atoms with Crippen molar-refractivity contribution in [3.63, 3.8) is 0 Å². The number of benzene rings is 1. The van der Waals surface area contributed by atoms with Gasteiger partial charge in [0, 0.05) is 16.7 Å². The third kappa shape index (κ3) is 3.75. The van der Waals surface area contributed by atoms with Gasteiger partial charge in [0.2, 0.25) is 0 Å². The van der Waals surface area contributed by atoms with Crippen LogP contribution in [0.3, 0.4) is 0 Å². The normalized spacial score (nSPS) is 13.2. The van der Waals surface area contributed by atoms with E-state index < -0.39 is 34.0 Å². The van der Waals surface area contributed by atoms with E-state index in [1.54, 1.807) is 12.1 Å². The van der Waals surface area contributed by atoms with Crippen LogP contribution in [-0.2, 0) is 0 Å². The summed E-state index contributed by atoms with van der Waals surface area (Å²) in [6.45, 7) is 2.96. The first-order valence-corrected chi connectivity index (χ1v) is 7.65. The van der Waals surface area contributed by atoms with E-state index in [0.717, 1.165) is 6.07 Å². The molecule has 1 heterocycles. The van der Waals surface area contributed by atoms with Crippen LogP contribution in [0.5, 0.6) is 0 Å². The average Bonchev–Trinajstić information content (AvgIpc) is 2.45. The number of aromatic nitrogens is 1. The highest BCUT2D eigenvalue weighted by Gasteiger charge is 2.73. The number of hydrogen-bond donors (Lipinski definition) is 0. The molecule has 0 spiro atoms. The molecule has 0 aliphatic rings. The lowest BCUT2D eigenvalue weighted by molar-refractivity contribution is -0.330. The molecule has 0 saturated carbocycles. The van der Waals surface area contributed by atoms with Gasteiger partial charge in [-0.05, 0) is 61.0 Å². The second-order valence-electron chi connectivity index (χ2n) is 5.22. The summed E-state index contributed by atoms with van der Waals surface area (Å²) in [6.07, 6.45) is -5.02. The van der Waals surface area contributed by atoms with E-state index in [2.05, 4.69) is 11.1 Å². The van der Waals surface area contributed by atoms with Crippen molar-refractivity contribution in [2.75, 3.05) is 0 Å². The predicted molar refractivity (Wildman–Crippen MR) is 79.8 cm³/mol. The minimum atomic E-state index is -6.38. The van der Waals surface area contributed by atoms with Crippen LogP contribution >= 0.6 is 11.8 Å². The Morgan fingerprint density at radius 2 is 1.64 bits per heavy atom. The van der Waals surface area contributed by atoms with Gasteiger partial charge in [-0.2, -0.15) is 30.7 Å². The summed E-state index contributed by atoms with van der Waals surface area (Å²) in [5.41, 5.74) is 0.844. The maximum absolute atomic E-state index is 13.8. The van der Waals surface area contributed by atoms with Gasteiger partial charge in [0.1, 0.15) is 0 Å². The van der Waals surface area contributed by atoms with Crippen molar-refractivity contribution < 1.29 is 30.7 Å². The third-order valence-corrected chi connectivity index (χ3v) is 4.29. The molecule has 2 rings (SSSR count). The Morgan fingerprint density at radius 3 is 2.16 bits per heavy atom. The minimum absolute atomic E-state index is 0.0360. The molecule has 0 N–H and O–H groups in total. The minimum Gasteiger partial charge on any atom is -0.256 e. The van der Waals surface area contributed by atoms with Gasteiger partial charge in [-0.15, -0.1) is 0 Å². The number of pyridine rings is 1. The van der Waals surface area contributed by atoms with Crippen LogP contribution in [-0.4, -0.2) is 22.3 Å². The van der Waals surface area contributed by atoms with E-state index in [0.29, 0.717) is 11.1 Å². The van der Waals surface area contributed by atoms with E-state index >= 15 is 0 Å². The molecule has 0 aliphatic carbocycles.